The van der Waals surface area contributed by atoms with E-state index in [0.29, 0.717) is 23.0 Å². The maximum atomic E-state index is 10.6. The van der Waals surface area contributed by atoms with Crippen molar-refractivity contribution < 1.29 is 15.0 Å². The number of unbranched alkanes of at least 4 members (excludes halogenated alkanes) is 1. The average molecular weight is 306 g/mol. The van der Waals surface area contributed by atoms with Gasteiger partial charge in [-0.25, -0.2) is 4.79 Å². The van der Waals surface area contributed by atoms with E-state index in [9.17, 15) is 4.79 Å². The van der Waals surface area contributed by atoms with Crippen molar-refractivity contribution in [3.63, 3.8) is 0 Å². The second-order valence-corrected chi connectivity index (χ2v) is 5.09. The smallest absolute Gasteiger partial charge is 0.404 e. The molecule has 1 amide bonds. The van der Waals surface area contributed by atoms with Gasteiger partial charge in [0, 0.05) is 19.1 Å². The van der Waals surface area contributed by atoms with Crippen LogP contribution in [0.3, 0.4) is 0 Å². The highest BCUT2D eigenvalue weighted by Crippen LogP contribution is 2.28. The minimum Gasteiger partial charge on any atom is -0.465 e. The summed E-state index contributed by atoms with van der Waals surface area (Å²) in [5.41, 5.74) is 0.945. The molecule has 1 aromatic carbocycles. The zero-order valence-corrected chi connectivity index (χ0v) is 11.9. The third-order valence-electron chi connectivity index (χ3n) is 2.88. The molecule has 0 aromatic heterocycles. The molecule has 0 aliphatic heterocycles. The van der Waals surface area contributed by atoms with Gasteiger partial charge in [-0.05, 0) is 30.5 Å². The number of hydrogen-bond acceptors (Lipinski definition) is 2. The van der Waals surface area contributed by atoms with Crippen LogP contribution in [0.1, 0.15) is 30.7 Å². The molecule has 1 atom stereocenters. The zero-order valence-electron chi connectivity index (χ0n) is 10.4. The summed E-state index contributed by atoms with van der Waals surface area (Å²) < 4.78 is 0. The van der Waals surface area contributed by atoms with Crippen LogP contribution in [0.4, 0.5) is 4.79 Å². The van der Waals surface area contributed by atoms with Crippen LogP contribution < -0.4 is 5.32 Å². The molecule has 0 radical (unpaired) electrons. The molecule has 106 valence electrons. The number of halogens is 2. The zero-order chi connectivity index (χ0) is 14.3. The summed E-state index contributed by atoms with van der Waals surface area (Å²) >= 11 is 11.8. The molecule has 3 N–H and O–H groups in total. The fraction of sp³-hybridized carbons (Fsp3) is 0.462. The Bertz CT molecular complexity index is 426. The summed E-state index contributed by atoms with van der Waals surface area (Å²) in [5.74, 6) is 0.0254. The summed E-state index contributed by atoms with van der Waals surface area (Å²) in [6.07, 6.45) is 1.25. The van der Waals surface area contributed by atoms with Gasteiger partial charge in [0.1, 0.15) is 0 Å². The van der Waals surface area contributed by atoms with Crippen molar-refractivity contribution in [3.8, 4) is 0 Å². The van der Waals surface area contributed by atoms with Crippen molar-refractivity contribution in [1.29, 1.82) is 0 Å². The van der Waals surface area contributed by atoms with Crippen molar-refractivity contribution >= 4 is 29.3 Å². The molecule has 0 saturated heterocycles. The van der Waals surface area contributed by atoms with E-state index in [1.54, 1.807) is 12.1 Å². The van der Waals surface area contributed by atoms with E-state index < -0.39 is 6.09 Å². The SMILES string of the molecule is O=C(O)NCC(CCCCO)c1ccc(Cl)c(Cl)c1. The van der Waals surface area contributed by atoms with Gasteiger partial charge < -0.3 is 15.5 Å². The van der Waals surface area contributed by atoms with E-state index in [1.165, 1.54) is 0 Å². The molecule has 0 fully saturated rings. The van der Waals surface area contributed by atoms with E-state index in [1.807, 2.05) is 6.07 Å². The monoisotopic (exact) mass is 305 g/mol. The van der Waals surface area contributed by atoms with E-state index in [-0.39, 0.29) is 12.5 Å². The molecule has 1 rings (SSSR count). The Morgan fingerprint density at radius 3 is 2.58 bits per heavy atom. The molecule has 0 bridgehead atoms. The first-order valence-corrected chi connectivity index (χ1v) is 6.82. The molecular formula is C13H17Cl2NO3. The molecule has 0 aliphatic carbocycles. The molecular weight excluding hydrogens is 289 g/mol. The summed E-state index contributed by atoms with van der Waals surface area (Å²) in [4.78, 5) is 10.6. The minimum atomic E-state index is -1.05. The van der Waals surface area contributed by atoms with E-state index in [2.05, 4.69) is 5.32 Å². The summed E-state index contributed by atoms with van der Waals surface area (Å²) in [5, 5.41) is 20.8. The van der Waals surface area contributed by atoms with E-state index >= 15 is 0 Å². The van der Waals surface area contributed by atoms with Gasteiger partial charge >= 0.3 is 6.09 Å². The van der Waals surface area contributed by atoms with Gasteiger partial charge in [0.25, 0.3) is 0 Å². The van der Waals surface area contributed by atoms with Gasteiger partial charge in [-0.15, -0.1) is 0 Å². The van der Waals surface area contributed by atoms with E-state index in [0.717, 1.165) is 18.4 Å². The van der Waals surface area contributed by atoms with Crippen LogP contribution in [0.2, 0.25) is 10.0 Å². The fourth-order valence-electron chi connectivity index (χ4n) is 1.87. The van der Waals surface area contributed by atoms with Gasteiger partial charge in [-0.1, -0.05) is 35.7 Å². The summed E-state index contributed by atoms with van der Waals surface area (Å²) in [7, 11) is 0. The number of benzene rings is 1. The number of nitrogens with one attached hydrogen (secondary N) is 1. The van der Waals surface area contributed by atoms with Crippen molar-refractivity contribution in [2.24, 2.45) is 0 Å². The van der Waals surface area contributed by atoms with Crippen LogP contribution >= 0.6 is 23.2 Å². The summed E-state index contributed by atoms with van der Waals surface area (Å²) in [6.45, 7) is 0.458. The predicted molar refractivity (Wildman–Crippen MR) is 76.2 cm³/mol. The quantitative estimate of drug-likeness (QED) is 0.675. The fourth-order valence-corrected chi connectivity index (χ4v) is 2.17. The number of amides is 1. The van der Waals surface area contributed by atoms with Crippen LogP contribution in [0.15, 0.2) is 18.2 Å². The van der Waals surface area contributed by atoms with Gasteiger partial charge in [0.2, 0.25) is 0 Å². The molecule has 0 spiro atoms. The second kappa shape index (κ2) is 8.25. The molecule has 1 unspecified atom stereocenters. The number of carbonyl (C=O) groups is 1. The third-order valence-corrected chi connectivity index (χ3v) is 3.61. The number of carboxylic acid groups (broad SMARTS) is 1. The standard InChI is InChI=1S/C13H17Cl2NO3/c14-11-5-4-9(7-12(11)15)10(3-1-2-6-17)8-16-13(18)19/h4-5,7,10,16-17H,1-3,6,8H2,(H,18,19). The number of rotatable bonds is 7. The summed E-state index contributed by atoms with van der Waals surface area (Å²) in [6, 6.07) is 5.32. The van der Waals surface area contributed by atoms with Crippen LogP contribution in [-0.2, 0) is 0 Å². The molecule has 4 nitrogen and oxygen atoms in total. The average Bonchev–Trinajstić information content (AvgIpc) is 2.37. The first-order valence-electron chi connectivity index (χ1n) is 6.07. The van der Waals surface area contributed by atoms with Crippen LogP contribution in [0, 0.1) is 0 Å². The Kier molecular flexibility index (Phi) is 6.99. The molecule has 0 saturated carbocycles. The lowest BCUT2D eigenvalue weighted by atomic mass is 9.93. The predicted octanol–water partition coefficient (Wildman–Crippen LogP) is 3.51. The molecule has 19 heavy (non-hydrogen) atoms. The molecule has 1 aromatic rings. The molecule has 0 aliphatic rings. The first-order chi connectivity index (χ1) is 9.04. The Labute approximate surface area is 122 Å². The Balaban J connectivity index is 2.74. The largest absolute Gasteiger partial charge is 0.465 e. The molecule has 0 heterocycles. The van der Waals surface area contributed by atoms with Crippen LogP contribution in [0.5, 0.6) is 0 Å². The van der Waals surface area contributed by atoms with Crippen LogP contribution in [0.25, 0.3) is 0 Å². The third kappa shape index (κ3) is 5.68. The minimum absolute atomic E-state index is 0.0254. The number of aliphatic hydroxyl groups is 1. The lowest BCUT2D eigenvalue weighted by Gasteiger charge is -2.17. The Morgan fingerprint density at radius 1 is 1.26 bits per heavy atom. The van der Waals surface area contributed by atoms with Crippen LogP contribution in [-0.4, -0.2) is 29.5 Å². The first kappa shape index (κ1) is 16.1. The molecule has 6 heteroatoms. The van der Waals surface area contributed by atoms with Gasteiger partial charge in [0.15, 0.2) is 0 Å². The maximum Gasteiger partial charge on any atom is 0.404 e. The Morgan fingerprint density at radius 2 is 2.00 bits per heavy atom. The van der Waals surface area contributed by atoms with Crippen molar-refractivity contribution in [2.75, 3.05) is 13.2 Å². The van der Waals surface area contributed by atoms with Gasteiger partial charge in [-0.3, -0.25) is 0 Å². The van der Waals surface area contributed by atoms with Crippen molar-refractivity contribution in [1.82, 2.24) is 5.32 Å². The van der Waals surface area contributed by atoms with Crippen molar-refractivity contribution in [3.05, 3.63) is 33.8 Å². The van der Waals surface area contributed by atoms with Gasteiger partial charge in [-0.2, -0.15) is 0 Å². The lowest BCUT2D eigenvalue weighted by Crippen LogP contribution is -2.26. The second-order valence-electron chi connectivity index (χ2n) is 4.28. The normalized spacial score (nSPS) is 12.2. The lowest BCUT2D eigenvalue weighted by molar-refractivity contribution is 0.193. The highest BCUT2D eigenvalue weighted by atomic mass is 35.5. The van der Waals surface area contributed by atoms with Gasteiger partial charge in [0.05, 0.1) is 10.0 Å². The highest BCUT2D eigenvalue weighted by Gasteiger charge is 2.14. The van der Waals surface area contributed by atoms with E-state index in [4.69, 9.17) is 33.4 Å². The number of hydrogen-bond donors (Lipinski definition) is 3. The highest BCUT2D eigenvalue weighted by molar-refractivity contribution is 6.42. The maximum absolute atomic E-state index is 10.6. The Hall–Kier alpha value is -0.970. The number of aliphatic hydroxyl groups excluding tert-OH is 1. The van der Waals surface area contributed by atoms with Crippen molar-refractivity contribution in [2.45, 2.75) is 25.2 Å². The topological polar surface area (TPSA) is 69.6 Å².